The highest BCUT2D eigenvalue weighted by atomic mass is 35.5. The van der Waals surface area contributed by atoms with Crippen LogP contribution in [0.25, 0.3) is 0 Å². The lowest BCUT2D eigenvalue weighted by atomic mass is 10.1. The fraction of sp³-hybridized carbons (Fsp3) is 0.833. The molecule has 1 atom stereocenters. The van der Waals surface area contributed by atoms with E-state index in [1.54, 1.807) is 11.8 Å². The van der Waals surface area contributed by atoms with Gasteiger partial charge in [0.2, 0.25) is 5.91 Å². The van der Waals surface area contributed by atoms with Crippen molar-refractivity contribution in [2.45, 2.75) is 32.7 Å². The van der Waals surface area contributed by atoms with Gasteiger partial charge in [0.25, 0.3) is 0 Å². The summed E-state index contributed by atoms with van der Waals surface area (Å²) in [5.41, 5.74) is 0. The number of carbonyl (C=O) groups excluding carboxylic acids is 2. The third kappa shape index (κ3) is 5.23. The number of hydrogen-bond donors (Lipinski definition) is 1. The molecule has 18 heavy (non-hydrogen) atoms. The molecule has 0 saturated heterocycles. The van der Waals surface area contributed by atoms with Gasteiger partial charge in [0.05, 0.1) is 6.61 Å². The van der Waals surface area contributed by atoms with Crippen LogP contribution < -0.4 is 5.32 Å². The number of carbonyl (C=O) groups is 2. The molecule has 1 saturated carbocycles. The molecule has 0 aromatic rings. The standard InChI is InChI=1S/C12H22N2O3.ClH/c1-4-17-11(15)8-14(10-5-6-10)12(16)9(2)7-13-3;/h9-10,13H,4-8H2,1-3H3;1H. The van der Waals surface area contributed by atoms with Crippen molar-refractivity contribution in [2.75, 3.05) is 26.7 Å². The highest BCUT2D eigenvalue weighted by molar-refractivity contribution is 5.85. The van der Waals surface area contributed by atoms with Gasteiger partial charge in [0.15, 0.2) is 0 Å². The first-order valence-corrected chi connectivity index (χ1v) is 6.20. The largest absolute Gasteiger partial charge is 0.465 e. The molecule has 0 aromatic heterocycles. The molecule has 1 rings (SSSR count). The molecule has 1 N–H and O–H groups in total. The van der Waals surface area contributed by atoms with E-state index in [4.69, 9.17) is 4.74 Å². The normalized spacial score (nSPS) is 15.5. The average Bonchev–Trinajstić information content (AvgIpc) is 3.09. The summed E-state index contributed by atoms with van der Waals surface area (Å²) in [6.07, 6.45) is 1.99. The molecule has 106 valence electrons. The molecule has 1 fully saturated rings. The number of halogens is 1. The van der Waals surface area contributed by atoms with Crippen molar-refractivity contribution in [3.63, 3.8) is 0 Å². The van der Waals surface area contributed by atoms with Gasteiger partial charge in [0, 0.05) is 18.5 Å². The average molecular weight is 279 g/mol. The fourth-order valence-electron chi connectivity index (χ4n) is 1.80. The number of hydrogen-bond acceptors (Lipinski definition) is 4. The Bertz CT molecular complexity index is 282. The predicted molar refractivity (Wildman–Crippen MR) is 71.7 cm³/mol. The predicted octanol–water partition coefficient (Wildman–Crippen LogP) is 0.818. The quantitative estimate of drug-likeness (QED) is 0.701. The van der Waals surface area contributed by atoms with Crippen molar-refractivity contribution in [3.8, 4) is 0 Å². The van der Waals surface area contributed by atoms with Gasteiger partial charge in [-0.2, -0.15) is 0 Å². The molecule has 0 heterocycles. The summed E-state index contributed by atoms with van der Waals surface area (Å²) >= 11 is 0. The van der Waals surface area contributed by atoms with Crippen molar-refractivity contribution in [1.82, 2.24) is 10.2 Å². The zero-order valence-corrected chi connectivity index (χ0v) is 12.1. The number of esters is 1. The first-order valence-electron chi connectivity index (χ1n) is 6.20. The smallest absolute Gasteiger partial charge is 0.325 e. The van der Waals surface area contributed by atoms with Crippen molar-refractivity contribution in [2.24, 2.45) is 5.92 Å². The number of nitrogens with one attached hydrogen (secondary N) is 1. The SMILES string of the molecule is CCOC(=O)CN(C(=O)C(C)CNC)C1CC1.Cl. The minimum atomic E-state index is -0.315. The molecule has 6 heteroatoms. The van der Waals surface area contributed by atoms with E-state index in [0.29, 0.717) is 13.2 Å². The lowest BCUT2D eigenvalue weighted by molar-refractivity contribution is -0.150. The second kappa shape index (κ2) is 8.32. The molecular formula is C12H23ClN2O3. The van der Waals surface area contributed by atoms with Gasteiger partial charge in [-0.3, -0.25) is 9.59 Å². The van der Waals surface area contributed by atoms with E-state index >= 15 is 0 Å². The summed E-state index contributed by atoms with van der Waals surface area (Å²) < 4.78 is 4.89. The highest BCUT2D eigenvalue weighted by Crippen LogP contribution is 2.27. The molecule has 0 spiro atoms. The van der Waals surface area contributed by atoms with E-state index in [-0.39, 0.29) is 42.8 Å². The zero-order chi connectivity index (χ0) is 12.8. The van der Waals surface area contributed by atoms with Crippen LogP contribution >= 0.6 is 12.4 Å². The summed E-state index contributed by atoms with van der Waals surface area (Å²) in [7, 11) is 1.82. The first kappa shape index (κ1) is 17.2. The molecule has 1 aliphatic carbocycles. The Morgan fingerprint density at radius 3 is 2.50 bits per heavy atom. The molecule has 0 radical (unpaired) electrons. The number of ether oxygens (including phenoxy) is 1. The van der Waals surface area contributed by atoms with Gasteiger partial charge in [0.1, 0.15) is 6.54 Å². The van der Waals surface area contributed by atoms with E-state index in [2.05, 4.69) is 5.32 Å². The summed E-state index contributed by atoms with van der Waals surface area (Å²) in [4.78, 5) is 25.2. The van der Waals surface area contributed by atoms with Crippen molar-refractivity contribution >= 4 is 24.3 Å². The van der Waals surface area contributed by atoms with E-state index in [9.17, 15) is 9.59 Å². The molecule has 1 unspecified atom stereocenters. The Labute approximate surface area is 115 Å². The number of rotatable bonds is 7. The molecule has 1 aliphatic rings. The lowest BCUT2D eigenvalue weighted by Crippen LogP contribution is -2.43. The molecule has 0 aliphatic heterocycles. The summed E-state index contributed by atoms with van der Waals surface area (Å²) in [5, 5.41) is 2.98. The van der Waals surface area contributed by atoms with Crippen LogP contribution in [0.5, 0.6) is 0 Å². The third-order valence-corrected chi connectivity index (χ3v) is 2.81. The van der Waals surface area contributed by atoms with Crippen LogP contribution in [-0.4, -0.2) is 49.6 Å². The second-order valence-corrected chi connectivity index (χ2v) is 4.46. The minimum absolute atomic E-state index is 0. The maximum absolute atomic E-state index is 12.1. The Kier molecular flexibility index (Phi) is 7.95. The van der Waals surface area contributed by atoms with Crippen LogP contribution in [0.1, 0.15) is 26.7 Å². The topological polar surface area (TPSA) is 58.6 Å². The van der Waals surface area contributed by atoms with Crippen molar-refractivity contribution < 1.29 is 14.3 Å². The Hall–Kier alpha value is -0.810. The van der Waals surface area contributed by atoms with Crippen LogP contribution in [0.15, 0.2) is 0 Å². The van der Waals surface area contributed by atoms with Gasteiger partial charge in [-0.25, -0.2) is 0 Å². The van der Waals surface area contributed by atoms with Gasteiger partial charge in [-0.1, -0.05) is 6.92 Å². The van der Waals surface area contributed by atoms with Crippen LogP contribution in [0.2, 0.25) is 0 Å². The molecule has 1 amide bonds. The molecule has 0 aromatic carbocycles. The minimum Gasteiger partial charge on any atom is -0.465 e. The monoisotopic (exact) mass is 278 g/mol. The summed E-state index contributed by atoms with van der Waals surface area (Å²) in [5.74, 6) is -0.380. The third-order valence-electron chi connectivity index (χ3n) is 2.81. The van der Waals surface area contributed by atoms with Crippen LogP contribution in [0, 0.1) is 5.92 Å². The second-order valence-electron chi connectivity index (χ2n) is 4.46. The fourth-order valence-corrected chi connectivity index (χ4v) is 1.80. The molecular weight excluding hydrogens is 256 g/mol. The highest BCUT2D eigenvalue weighted by Gasteiger charge is 2.35. The number of nitrogens with zero attached hydrogens (tertiary/aromatic N) is 1. The maximum Gasteiger partial charge on any atom is 0.325 e. The van der Waals surface area contributed by atoms with Crippen LogP contribution in [-0.2, 0) is 14.3 Å². The van der Waals surface area contributed by atoms with E-state index in [1.165, 1.54) is 0 Å². The zero-order valence-electron chi connectivity index (χ0n) is 11.3. The number of amides is 1. The summed E-state index contributed by atoms with van der Waals surface area (Å²) in [6.45, 7) is 4.72. The van der Waals surface area contributed by atoms with Crippen molar-refractivity contribution in [3.05, 3.63) is 0 Å². The Morgan fingerprint density at radius 1 is 1.44 bits per heavy atom. The van der Waals surface area contributed by atoms with Gasteiger partial charge >= 0.3 is 5.97 Å². The van der Waals surface area contributed by atoms with Gasteiger partial charge in [-0.15, -0.1) is 12.4 Å². The first-order chi connectivity index (χ1) is 8.10. The Morgan fingerprint density at radius 2 is 2.06 bits per heavy atom. The van der Waals surface area contributed by atoms with E-state index < -0.39 is 0 Å². The maximum atomic E-state index is 12.1. The molecule has 0 bridgehead atoms. The van der Waals surface area contributed by atoms with Crippen LogP contribution in [0.3, 0.4) is 0 Å². The summed E-state index contributed by atoms with van der Waals surface area (Å²) in [6, 6.07) is 0.242. The van der Waals surface area contributed by atoms with Crippen molar-refractivity contribution in [1.29, 1.82) is 0 Å². The van der Waals surface area contributed by atoms with E-state index in [1.807, 2.05) is 14.0 Å². The lowest BCUT2D eigenvalue weighted by Gasteiger charge is -2.24. The Balaban J connectivity index is 0.00000289. The van der Waals surface area contributed by atoms with Crippen LogP contribution in [0.4, 0.5) is 0 Å². The van der Waals surface area contributed by atoms with Gasteiger partial charge in [-0.05, 0) is 26.8 Å². The van der Waals surface area contributed by atoms with Gasteiger partial charge < -0.3 is 15.0 Å². The molecule has 5 nitrogen and oxygen atoms in total. The van der Waals surface area contributed by atoms with E-state index in [0.717, 1.165) is 12.8 Å².